The molecule has 0 saturated carbocycles. The molecule has 0 unspecified atom stereocenters. The lowest BCUT2D eigenvalue weighted by Gasteiger charge is -2.31. The van der Waals surface area contributed by atoms with Crippen LogP contribution in [0.1, 0.15) is 36.8 Å². The van der Waals surface area contributed by atoms with Gasteiger partial charge in [0.25, 0.3) is 0 Å². The van der Waals surface area contributed by atoms with Crippen LogP contribution in [0.25, 0.3) is 5.52 Å². The zero-order chi connectivity index (χ0) is 11.8. The van der Waals surface area contributed by atoms with E-state index in [0.717, 1.165) is 17.0 Å². The topological polar surface area (TPSA) is 33.4 Å². The van der Waals surface area contributed by atoms with Crippen molar-refractivity contribution in [1.82, 2.24) is 19.3 Å². The second kappa shape index (κ2) is 4.11. The molecule has 2 aromatic heterocycles. The van der Waals surface area contributed by atoms with Crippen LogP contribution in [0.15, 0.2) is 18.6 Å². The Balaban J connectivity index is 2.08. The van der Waals surface area contributed by atoms with Crippen LogP contribution in [0, 0.1) is 6.92 Å². The van der Waals surface area contributed by atoms with E-state index in [1.165, 1.54) is 25.8 Å². The second-order valence-electron chi connectivity index (χ2n) is 4.88. The van der Waals surface area contributed by atoms with Gasteiger partial charge in [-0.2, -0.15) is 0 Å². The number of fused-ring (bicyclic) bond motifs is 1. The van der Waals surface area contributed by atoms with E-state index < -0.39 is 0 Å². The molecule has 0 aliphatic carbocycles. The summed E-state index contributed by atoms with van der Waals surface area (Å²) >= 11 is 0. The summed E-state index contributed by atoms with van der Waals surface area (Å²) in [6.07, 6.45) is 9.63. The maximum Gasteiger partial charge on any atom is 0.130 e. The van der Waals surface area contributed by atoms with Crippen LogP contribution in [0.3, 0.4) is 0 Å². The highest BCUT2D eigenvalue weighted by Gasteiger charge is 2.24. The van der Waals surface area contributed by atoms with Crippen molar-refractivity contribution in [3.63, 3.8) is 0 Å². The van der Waals surface area contributed by atoms with Crippen LogP contribution in [0.2, 0.25) is 0 Å². The van der Waals surface area contributed by atoms with E-state index in [-0.39, 0.29) is 0 Å². The van der Waals surface area contributed by atoms with E-state index in [1.807, 2.05) is 25.5 Å². The lowest BCUT2D eigenvalue weighted by Crippen LogP contribution is -2.30. The first-order valence-corrected chi connectivity index (χ1v) is 6.26. The fourth-order valence-electron chi connectivity index (χ4n) is 2.73. The Labute approximate surface area is 101 Å². The lowest BCUT2D eigenvalue weighted by atomic mass is 10.0. The summed E-state index contributed by atoms with van der Waals surface area (Å²) in [6, 6.07) is 0.452. The van der Waals surface area contributed by atoms with Gasteiger partial charge in [0.2, 0.25) is 0 Å². The van der Waals surface area contributed by atoms with E-state index in [9.17, 15) is 0 Å². The van der Waals surface area contributed by atoms with Crippen LogP contribution in [0.4, 0.5) is 0 Å². The third-order valence-corrected chi connectivity index (χ3v) is 3.75. The van der Waals surface area contributed by atoms with Gasteiger partial charge in [-0.15, -0.1) is 0 Å². The molecule has 17 heavy (non-hydrogen) atoms. The average molecular weight is 230 g/mol. The van der Waals surface area contributed by atoms with Crippen LogP contribution in [0.5, 0.6) is 0 Å². The minimum Gasteiger partial charge on any atom is -0.299 e. The van der Waals surface area contributed by atoms with Gasteiger partial charge in [-0.3, -0.25) is 14.3 Å². The predicted molar refractivity (Wildman–Crippen MR) is 66.9 cm³/mol. The van der Waals surface area contributed by atoms with Gasteiger partial charge in [-0.1, -0.05) is 6.42 Å². The summed E-state index contributed by atoms with van der Waals surface area (Å²) in [6.45, 7) is 3.20. The maximum absolute atomic E-state index is 4.61. The number of likely N-dealkylation sites (tertiary alicyclic amines) is 1. The number of nitrogens with zero attached hydrogens (tertiary/aromatic N) is 4. The summed E-state index contributed by atoms with van der Waals surface area (Å²) in [5, 5.41) is 0. The fraction of sp³-hybridized carbons (Fsp3) is 0.538. The van der Waals surface area contributed by atoms with Gasteiger partial charge in [0.15, 0.2) is 0 Å². The monoisotopic (exact) mass is 230 g/mol. The van der Waals surface area contributed by atoms with E-state index in [0.29, 0.717) is 6.04 Å². The summed E-state index contributed by atoms with van der Waals surface area (Å²) in [4.78, 5) is 11.3. The van der Waals surface area contributed by atoms with Crippen molar-refractivity contribution in [3.05, 3.63) is 30.1 Å². The molecule has 4 nitrogen and oxygen atoms in total. The zero-order valence-electron chi connectivity index (χ0n) is 10.4. The van der Waals surface area contributed by atoms with Gasteiger partial charge in [0.05, 0.1) is 23.4 Å². The van der Waals surface area contributed by atoms with Crippen molar-refractivity contribution >= 4 is 5.52 Å². The van der Waals surface area contributed by atoms with Gasteiger partial charge in [-0.05, 0) is 33.4 Å². The molecule has 90 valence electrons. The van der Waals surface area contributed by atoms with Crippen molar-refractivity contribution in [3.8, 4) is 0 Å². The summed E-state index contributed by atoms with van der Waals surface area (Å²) in [5.41, 5.74) is 2.17. The molecule has 1 saturated heterocycles. The van der Waals surface area contributed by atoms with Crippen molar-refractivity contribution in [1.29, 1.82) is 0 Å². The van der Waals surface area contributed by atoms with Crippen LogP contribution in [-0.2, 0) is 0 Å². The van der Waals surface area contributed by atoms with Gasteiger partial charge in [-0.25, -0.2) is 4.98 Å². The average Bonchev–Trinajstić information content (AvgIpc) is 2.75. The molecule has 4 heteroatoms. The number of imidazole rings is 1. The molecule has 1 aliphatic heterocycles. The fourth-order valence-corrected chi connectivity index (χ4v) is 2.73. The van der Waals surface area contributed by atoms with Crippen LogP contribution < -0.4 is 0 Å². The minimum absolute atomic E-state index is 0.452. The van der Waals surface area contributed by atoms with E-state index in [1.54, 1.807) is 0 Å². The second-order valence-corrected chi connectivity index (χ2v) is 4.88. The molecule has 1 aliphatic rings. The smallest absolute Gasteiger partial charge is 0.130 e. The molecule has 2 aromatic rings. The molecule has 0 bridgehead atoms. The molecule has 3 heterocycles. The minimum atomic E-state index is 0.452. The number of hydrogen-bond acceptors (Lipinski definition) is 3. The zero-order valence-corrected chi connectivity index (χ0v) is 10.4. The molecule has 0 spiro atoms. The lowest BCUT2D eigenvalue weighted by molar-refractivity contribution is 0.179. The normalized spacial score (nSPS) is 22.1. The summed E-state index contributed by atoms with van der Waals surface area (Å²) in [5.74, 6) is 1.16. The predicted octanol–water partition coefficient (Wildman–Crippen LogP) is 2.19. The standard InChI is InChI=1S/C13H18N4/c1-10-12-9-15-13(17(12)8-6-14-10)11-5-3-4-7-16(11)2/h6,8-9,11H,3-5,7H2,1-2H3/t11-/m0/s1. The summed E-state index contributed by atoms with van der Waals surface area (Å²) < 4.78 is 2.19. The van der Waals surface area contributed by atoms with Gasteiger partial charge >= 0.3 is 0 Å². The highest BCUT2D eigenvalue weighted by atomic mass is 15.2. The largest absolute Gasteiger partial charge is 0.299 e. The Morgan fingerprint density at radius 2 is 2.18 bits per heavy atom. The van der Waals surface area contributed by atoms with E-state index in [4.69, 9.17) is 0 Å². The SMILES string of the molecule is Cc1nccn2c([C@@H]3CCCCN3C)ncc12. The molecule has 0 amide bonds. The number of piperidine rings is 1. The molecule has 0 N–H and O–H groups in total. The molecule has 1 fully saturated rings. The van der Waals surface area contributed by atoms with E-state index in [2.05, 4.69) is 26.3 Å². The quantitative estimate of drug-likeness (QED) is 0.753. The van der Waals surface area contributed by atoms with Crippen molar-refractivity contribution in [2.24, 2.45) is 0 Å². The van der Waals surface area contributed by atoms with Gasteiger partial charge in [0, 0.05) is 12.4 Å². The highest BCUT2D eigenvalue weighted by Crippen LogP contribution is 2.29. The van der Waals surface area contributed by atoms with Crippen LogP contribution in [-0.4, -0.2) is 32.9 Å². The number of aromatic nitrogens is 3. The Bertz CT molecular complexity index is 531. The number of hydrogen-bond donors (Lipinski definition) is 0. The Hall–Kier alpha value is -1.42. The molecule has 0 aromatic carbocycles. The van der Waals surface area contributed by atoms with E-state index >= 15 is 0 Å². The van der Waals surface area contributed by atoms with Crippen molar-refractivity contribution < 1.29 is 0 Å². The first-order chi connectivity index (χ1) is 8.27. The highest BCUT2D eigenvalue weighted by molar-refractivity contribution is 5.50. The molecular weight excluding hydrogens is 212 g/mol. The third kappa shape index (κ3) is 1.72. The Morgan fingerprint density at radius 1 is 1.29 bits per heavy atom. The maximum atomic E-state index is 4.61. The molecular formula is C13H18N4. The molecule has 1 atom stereocenters. The number of aryl methyl sites for hydroxylation is 1. The first kappa shape index (κ1) is 10.7. The van der Waals surface area contributed by atoms with Crippen molar-refractivity contribution in [2.75, 3.05) is 13.6 Å². The van der Waals surface area contributed by atoms with Crippen molar-refractivity contribution in [2.45, 2.75) is 32.2 Å². The molecule has 0 radical (unpaired) electrons. The Kier molecular flexibility index (Phi) is 2.59. The third-order valence-electron chi connectivity index (χ3n) is 3.75. The number of rotatable bonds is 1. The van der Waals surface area contributed by atoms with Gasteiger partial charge < -0.3 is 0 Å². The van der Waals surface area contributed by atoms with Crippen LogP contribution >= 0.6 is 0 Å². The molecule has 3 rings (SSSR count). The Morgan fingerprint density at radius 3 is 3.00 bits per heavy atom. The first-order valence-electron chi connectivity index (χ1n) is 6.26. The summed E-state index contributed by atoms with van der Waals surface area (Å²) in [7, 11) is 2.19. The van der Waals surface area contributed by atoms with Gasteiger partial charge in [0.1, 0.15) is 5.82 Å².